The molecule has 1 saturated heterocycles. The molecule has 3 aromatic heterocycles. The largest absolute Gasteiger partial charge is 0.442 e. The number of fused-ring (bicyclic) bond motifs is 1. The minimum atomic E-state index is -0.179. The molecule has 0 unspecified atom stereocenters. The third-order valence-corrected chi connectivity index (χ3v) is 9.02. The van der Waals surface area contributed by atoms with Crippen LogP contribution >= 0.6 is 0 Å². The Hall–Kier alpha value is -3.79. The molecule has 10 nitrogen and oxygen atoms in total. The van der Waals surface area contributed by atoms with Gasteiger partial charge >= 0.3 is 0 Å². The van der Waals surface area contributed by atoms with Crippen molar-refractivity contribution in [3.8, 4) is 5.69 Å². The zero-order valence-corrected chi connectivity index (χ0v) is 24.0. The van der Waals surface area contributed by atoms with Gasteiger partial charge in [0.15, 0.2) is 0 Å². The van der Waals surface area contributed by atoms with Gasteiger partial charge in [-0.2, -0.15) is 10.2 Å². The molecule has 0 radical (unpaired) electrons. The number of benzene rings is 1. The SMILES string of the molecule is CCN1CCC2(CC1)C[C@@H]2C(=O)N[C@@H](CCCCCC(=O)c1ncco1)c1ccn(-c2ccc3nn(C)cc3c2)n1. The van der Waals surface area contributed by atoms with Crippen molar-refractivity contribution in [2.75, 3.05) is 19.6 Å². The van der Waals surface area contributed by atoms with Crippen LogP contribution in [0.3, 0.4) is 0 Å². The predicted octanol–water partition coefficient (Wildman–Crippen LogP) is 4.86. The Morgan fingerprint density at radius 2 is 2.00 bits per heavy atom. The van der Waals surface area contributed by atoms with E-state index in [0.29, 0.717) is 6.42 Å². The molecule has 4 heterocycles. The van der Waals surface area contributed by atoms with Gasteiger partial charge < -0.3 is 14.6 Å². The molecule has 216 valence electrons. The highest BCUT2D eigenvalue weighted by Crippen LogP contribution is 2.59. The van der Waals surface area contributed by atoms with Crippen molar-refractivity contribution in [1.82, 2.24) is 34.8 Å². The molecule has 1 spiro atoms. The van der Waals surface area contributed by atoms with Crippen molar-refractivity contribution in [3.63, 3.8) is 0 Å². The zero-order valence-electron chi connectivity index (χ0n) is 24.0. The average Bonchev–Trinajstić information content (AvgIpc) is 3.45. The summed E-state index contributed by atoms with van der Waals surface area (Å²) < 4.78 is 8.80. The lowest BCUT2D eigenvalue weighted by Gasteiger charge is -2.32. The molecule has 2 aliphatic rings. The van der Waals surface area contributed by atoms with Gasteiger partial charge in [0.05, 0.1) is 29.1 Å². The molecule has 10 heteroatoms. The maximum absolute atomic E-state index is 13.5. The first kappa shape index (κ1) is 27.4. The van der Waals surface area contributed by atoms with Gasteiger partial charge in [0.1, 0.15) is 6.26 Å². The molecule has 2 fully saturated rings. The van der Waals surface area contributed by atoms with E-state index in [2.05, 4.69) is 33.3 Å². The molecule has 1 aliphatic heterocycles. The standard InChI is InChI=1S/C31H39N7O3/c1-3-37-16-12-31(13-17-37)20-24(31)29(40)33-26(7-5-4-6-8-28(39)30-32-14-18-41-30)27-11-15-38(35-27)23-9-10-25-22(19-23)21-36(2)34-25/h9-11,14-15,18-19,21,24,26H,3-8,12-13,16-17,20H2,1-2H3,(H,33,40)/t24-,26+/m1/s1. The molecule has 2 atom stereocenters. The van der Waals surface area contributed by atoms with E-state index < -0.39 is 0 Å². The lowest BCUT2D eigenvalue weighted by molar-refractivity contribution is -0.124. The Morgan fingerprint density at radius 3 is 2.78 bits per heavy atom. The molecular formula is C31H39N7O3. The van der Waals surface area contributed by atoms with Gasteiger partial charge in [-0.3, -0.25) is 14.3 Å². The first-order chi connectivity index (χ1) is 19.9. The van der Waals surface area contributed by atoms with Crippen LogP contribution in [0.1, 0.15) is 80.7 Å². The number of Topliss-reactive ketones (excluding diaryl/α,β-unsaturated/α-hetero) is 1. The van der Waals surface area contributed by atoms with Crippen molar-refractivity contribution in [3.05, 3.63) is 60.7 Å². The third kappa shape index (κ3) is 5.98. The number of hydrogen-bond donors (Lipinski definition) is 1. The number of piperidine rings is 1. The number of aromatic nitrogens is 5. The van der Waals surface area contributed by atoms with Gasteiger partial charge in [0, 0.05) is 37.2 Å². The highest BCUT2D eigenvalue weighted by molar-refractivity contribution is 5.91. The molecule has 1 aromatic carbocycles. The Labute approximate surface area is 240 Å². The summed E-state index contributed by atoms with van der Waals surface area (Å²) in [6, 6.07) is 7.92. The highest BCUT2D eigenvalue weighted by atomic mass is 16.3. The molecule has 1 amide bonds. The number of nitrogens with zero attached hydrogens (tertiary/aromatic N) is 6. The Bertz CT molecular complexity index is 1500. The minimum absolute atomic E-state index is 0.0719. The lowest BCUT2D eigenvalue weighted by atomic mass is 9.90. The normalized spacial score (nSPS) is 19.0. The molecule has 1 aliphatic carbocycles. The maximum atomic E-state index is 13.5. The van der Waals surface area contributed by atoms with E-state index in [1.165, 1.54) is 12.5 Å². The highest BCUT2D eigenvalue weighted by Gasteiger charge is 2.58. The quantitative estimate of drug-likeness (QED) is 0.196. The molecule has 1 N–H and O–H groups in total. The van der Waals surface area contributed by atoms with Crippen LogP contribution in [0.15, 0.2) is 53.5 Å². The summed E-state index contributed by atoms with van der Waals surface area (Å²) in [7, 11) is 1.92. The number of carbonyl (C=O) groups is 2. The molecule has 6 rings (SSSR count). The van der Waals surface area contributed by atoms with Gasteiger partial charge in [-0.25, -0.2) is 9.67 Å². The molecule has 0 bridgehead atoms. The van der Waals surface area contributed by atoms with E-state index in [1.54, 1.807) is 0 Å². The van der Waals surface area contributed by atoms with Gasteiger partial charge in [0.25, 0.3) is 5.89 Å². The second-order valence-corrected chi connectivity index (χ2v) is 11.7. The summed E-state index contributed by atoms with van der Waals surface area (Å²) in [5, 5.41) is 13.8. The lowest BCUT2D eigenvalue weighted by Crippen LogP contribution is -2.37. The Kier molecular flexibility index (Phi) is 7.75. The smallest absolute Gasteiger partial charge is 0.263 e. The monoisotopic (exact) mass is 557 g/mol. The van der Waals surface area contributed by atoms with Crippen LogP contribution in [0, 0.1) is 11.3 Å². The number of unbranched alkanes of at least 4 members (excludes halogenated alkanes) is 2. The van der Waals surface area contributed by atoms with Crippen LogP contribution in [-0.4, -0.2) is 60.8 Å². The fourth-order valence-electron chi connectivity index (χ4n) is 6.38. The van der Waals surface area contributed by atoms with E-state index in [9.17, 15) is 9.59 Å². The van der Waals surface area contributed by atoms with E-state index in [-0.39, 0.29) is 35.0 Å². The number of oxazole rings is 1. The number of aryl methyl sites for hydroxylation is 1. The number of likely N-dealkylation sites (tertiary alicyclic amines) is 1. The minimum Gasteiger partial charge on any atom is -0.442 e. The van der Waals surface area contributed by atoms with E-state index >= 15 is 0 Å². The summed E-state index contributed by atoms with van der Waals surface area (Å²) in [5.74, 6) is 0.355. The zero-order chi connectivity index (χ0) is 28.4. The number of ketones is 1. The van der Waals surface area contributed by atoms with Crippen LogP contribution in [0.5, 0.6) is 0 Å². The second-order valence-electron chi connectivity index (χ2n) is 11.7. The predicted molar refractivity (Wildman–Crippen MR) is 155 cm³/mol. The summed E-state index contributed by atoms with van der Waals surface area (Å²) in [4.78, 5) is 32.2. The number of carbonyl (C=O) groups excluding carboxylic acids is 2. The van der Waals surface area contributed by atoms with Crippen molar-refractivity contribution in [2.24, 2.45) is 18.4 Å². The van der Waals surface area contributed by atoms with Gasteiger partial charge in [-0.05, 0) is 81.4 Å². The number of amides is 1. The second kappa shape index (κ2) is 11.6. The summed E-state index contributed by atoms with van der Waals surface area (Å²) in [6.07, 6.45) is 13.7. The first-order valence-electron chi connectivity index (χ1n) is 14.9. The van der Waals surface area contributed by atoms with E-state index in [1.807, 2.05) is 47.0 Å². The Morgan fingerprint density at radius 1 is 1.15 bits per heavy atom. The summed E-state index contributed by atoms with van der Waals surface area (Å²) in [6.45, 7) is 5.45. The van der Waals surface area contributed by atoms with Gasteiger partial charge in [-0.15, -0.1) is 0 Å². The fourth-order valence-corrected chi connectivity index (χ4v) is 6.38. The van der Waals surface area contributed by atoms with Gasteiger partial charge in [0.2, 0.25) is 11.7 Å². The van der Waals surface area contributed by atoms with E-state index in [0.717, 1.165) is 86.9 Å². The molecule has 41 heavy (non-hydrogen) atoms. The summed E-state index contributed by atoms with van der Waals surface area (Å²) >= 11 is 0. The van der Waals surface area contributed by atoms with Crippen molar-refractivity contribution < 1.29 is 14.0 Å². The maximum Gasteiger partial charge on any atom is 0.263 e. The van der Waals surface area contributed by atoms with E-state index in [4.69, 9.17) is 9.52 Å². The molecule has 1 saturated carbocycles. The Balaban J connectivity index is 1.11. The first-order valence-corrected chi connectivity index (χ1v) is 14.9. The third-order valence-electron chi connectivity index (χ3n) is 9.02. The number of nitrogens with one attached hydrogen (secondary N) is 1. The van der Waals surface area contributed by atoms with Crippen LogP contribution in [-0.2, 0) is 11.8 Å². The average molecular weight is 558 g/mol. The van der Waals surface area contributed by atoms with Crippen LogP contribution in [0.4, 0.5) is 0 Å². The summed E-state index contributed by atoms with van der Waals surface area (Å²) in [5.41, 5.74) is 2.93. The van der Waals surface area contributed by atoms with Crippen molar-refractivity contribution in [1.29, 1.82) is 0 Å². The van der Waals surface area contributed by atoms with Crippen molar-refractivity contribution in [2.45, 2.75) is 64.3 Å². The van der Waals surface area contributed by atoms with Crippen molar-refractivity contribution >= 4 is 22.6 Å². The number of hydrogen-bond acceptors (Lipinski definition) is 7. The fraction of sp³-hybridized carbons (Fsp3) is 0.516. The van der Waals surface area contributed by atoms with Gasteiger partial charge in [-0.1, -0.05) is 19.8 Å². The van der Waals surface area contributed by atoms with Crippen LogP contribution in [0.25, 0.3) is 16.6 Å². The topological polar surface area (TPSA) is 111 Å². The molecule has 4 aromatic rings. The van der Waals surface area contributed by atoms with Crippen LogP contribution < -0.4 is 5.32 Å². The molecular weight excluding hydrogens is 518 g/mol. The van der Waals surface area contributed by atoms with Crippen LogP contribution in [0.2, 0.25) is 0 Å². The number of rotatable bonds is 12.